The maximum absolute atomic E-state index is 11.0. The molecular weight excluding hydrogens is 228 g/mol. The van der Waals surface area contributed by atoms with Crippen LogP contribution in [-0.4, -0.2) is 14.4 Å². The molecular formula is C6H6BrN2O3-. The van der Waals surface area contributed by atoms with E-state index < -0.39 is 9.37 Å². The molecule has 0 N–H and O–H groups in total. The van der Waals surface area contributed by atoms with Crippen LogP contribution in [0, 0.1) is 15.3 Å². The summed E-state index contributed by atoms with van der Waals surface area (Å²) in [6, 6.07) is 0. The zero-order valence-corrected chi connectivity index (χ0v) is 7.82. The second kappa shape index (κ2) is 2.87. The number of halogens is 1. The van der Waals surface area contributed by atoms with Crippen LogP contribution in [0.15, 0.2) is 24.0 Å². The molecule has 6 heteroatoms. The SMILES string of the molecule is CC1(Br)C=C([N+](=O)[O-])C=CN1[O-]. The average molecular weight is 234 g/mol. The molecule has 1 aliphatic heterocycles. The highest BCUT2D eigenvalue weighted by atomic mass is 79.9. The highest BCUT2D eigenvalue weighted by Gasteiger charge is 2.25. The number of alkyl halides is 1. The third-order valence-electron chi connectivity index (χ3n) is 1.43. The summed E-state index contributed by atoms with van der Waals surface area (Å²) in [7, 11) is 0. The summed E-state index contributed by atoms with van der Waals surface area (Å²) in [6.07, 6.45) is 3.53. The molecule has 0 saturated heterocycles. The van der Waals surface area contributed by atoms with Crippen molar-refractivity contribution in [1.82, 2.24) is 5.06 Å². The predicted molar refractivity (Wildman–Crippen MR) is 46.8 cm³/mol. The van der Waals surface area contributed by atoms with Crippen LogP contribution in [0.25, 0.3) is 0 Å². The van der Waals surface area contributed by atoms with Gasteiger partial charge in [-0.2, -0.15) is 0 Å². The molecule has 12 heavy (non-hydrogen) atoms. The lowest BCUT2D eigenvalue weighted by molar-refractivity contribution is -0.419. The molecule has 66 valence electrons. The Morgan fingerprint density at radius 2 is 2.33 bits per heavy atom. The van der Waals surface area contributed by atoms with Crippen LogP contribution in [0.5, 0.6) is 0 Å². The molecule has 5 nitrogen and oxygen atoms in total. The van der Waals surface area contributed by atoms with E-state index in [0.717, 1.165) is 12.3 Å². The van der Waals surface area contributed by atoms with E-state index in [1.807, 2.05) is 0 Å². The highest BCUT2D eigenvalue weighted by molar-refractivity contribution is 9.10. The molecule has 0 bridgehead atoms. The first kappa shape index (κ1) is 9.21. The fourth-order valence-electron chi connectivity index (χ4n) is 0.785. The Morgan fingerprint density at radius 3 is 2.75 bits per heavy atom. The van der Waals surface area contributed by atoms with Crippen molar-refractivity contribution in [2.75, 3.05) is 0 Å². The Hall–Kier alpha value is -0.880. The van der Waals surface area contributed by atoms with Gasteiger partial charge in [0.2, 0.25) is 0 Å². The van der Waals surface area contributed by atoms with Gasteiger partial charge in [0.05, 0.1) is 4.92 Å². The Bertz CT molecular complexity index is 272. The van der Waals surface area contributed by atoms with Crippen molar-refractivity contribution >= 4 is 15.9 Å². The topological polar surface area (TPSA) is 69.4 Å². The number of nitro groups is 1. The summed E-state index contributed by atoms with van der Waals surface area (Å²) in [5.74, 6) is 0. The summed E-state index contributed by atoms with van der Waals surface area (Å²) in [5.41, 5.74) is -0.0820. The third kappa shape index (κ3) is 1.64. The van der Waals surface area contributed by atoms with Gasteiger partial charge in [-0.3, -0.25) is 10.1 Å². The van der Waals surface area contributed by atoms with E-state index >= 15 is 0 Å². The minimum absolute atomic E-state index is 0.0820. The van der Waals surface area contributed by atoms with Crippen molar-refractivity contribution in [3.63, 3.8) is 0 Å². The molecule has 0 fully saturated rings. The first-order chi connectivity index (χ1) is 5.43. The average Bonchev–Trinajstić information content (AvgIpc) is 1.94. The van der Waals surface area contributed by atoms with Crippen LogP contribution in [0.2, 0.25) is 0 Å². The standard InChI is InChI=1S/C6H6BrN2O3/c1-6(7)4-5(9(11)12)2-3-8(6)10/h2-4H,1H3/q-1. The molecule has 0 amide bonds. The minimum atomic E-state index is -1.01. The summed E-state index contributed by atoms with van der Waals surface area (Å²) in [5, 5.41) is 21.9. The van der Waals surface area contributed by atoms with Gasteiger partial charge in [0.25, 0.3) is 5.70 Å². The molecule has 0 aromatic carbocycles. The first-order valence-electron chi connectivity index (χ1n) is 3.14. The Morgan fingerprint density at radius 1 is 1.75 bits per heavy atom. The Labute approximate surface area is 77.2 Å². The lowest BCUT2D eigenvalue weighted by Crippen LogP contribution is -2.33. The van der Waals surface area contributed by atoms with Gasteiger partial charge in [0.15, 0.2) is 0 Å². The lowest BCUT2D eigenvalue weighted by atomic mass is 10.2. The van der Waals surface area contributed by atoms with Crippen LogP contribution in [0.1, 0.15) is 6.92 Å². The van der Waals surface area contributed by atoms with Gasteiger partial charge in [-0.25, -0.2) is 0 Å². The molecule has 1 aliphatic rings. The second-order valence-electron chi connectivity index (χ2n) is 2.49. The van der Waals surface area contributed by atoms with Gasteiger partial charge < -0.3 is 10.3 Å². The van der Waals surface area contributed by atoms with Crippen molar-refractivity contribution in [2.24, 2.45) is 0 Å². The molecule has 0 aromatic heterocycles. The smallest absolute Gasteiger partial charge is 0.270 e. The van der Waals surface area contributed by atoms with E-state index in [1.165, 1.54) is 13.0 Å². The number of hydrogen-bond acceptors (Lipinski definition) is 4. The second-order valence-corrected chi connectivity index (χ2v) is 4.10. The fourth-order valence-corrected chi connectivity index (χ4v) is 1.14. The minimum Gasteiger partial charge on any atom is -0.758 e. The van der Waals surface area contributed by atoms with Crippen molar-refractivity contribution in [3.8, 4) is 0 Å². The first-order valence-corrected chi connectivity index (χ1v) is 3.93. The van der Waals surface area contributed by atoms with Crippen LogP contribution in [0.3, 0.4) is 0 Å². The third-order valence-corrected chi connectivity index (χ3v) is 2.01. The van der Waals surface area contributed by atoms with E-state index in [-0.39, 0.29) is 5.70 Å². The largest absolute Gasteiger partial charge is 0.758 e. The molecule has 0 saturated carbocycles. The molecule has 1 rings (SSSR count). The van der Waals surface area contributed by atoms with Crippen LogP contribution in [-0.2, 0) is 0 Å². The van der Waals surface area contributed by atoms with E-state index in [1.54, 1.807) is 0 Å². The van der Waals surface area contributed by atoms with Crippen molar-refractivity contribution in [3.05, 3.63) is 39.4 Å². The number of nitrogens with zero attached hydrogens (tertiary/aromatic N) is 2. The van der Waals surface area contributed by atoms with E-state index in [9.17, 15) is 15.3 Å². The number of hydroxylamine groups is 2. The molecule has 1 unspecified atom stereocenters. The zero-order valence-electron chi connectivity index (χ0n) is 6.23. The number of hydrogen-bond donors (Lipinski definition) is 0. The van der Waals surface area contributed by atoms with E-state index in [4.69, 9.17) is 0 Å². The lowest BCUT2D eigenvalue weighted by Gasteiger charge is -2.40. The van der Waals surface area contributed by atoms with Gasteiger partial charge in [-0.15, -0.1) is 0 Å². The monoisotopic (exact) mass is 233 g/mol. The maximum Gasteiger partial charge on any atom is 0.270 e. The number of allylic oxidation sites excluding steroid dienone is 1. The van der Waals surface area contributed by atoms with Gasteiger partial charge >= 0.3 is 0 Å². The van der Waals surface area contributed by atoms with Crippen LogP contribution < -0.4 is 0 Å². The summed E-state index contributed by atoms with van der Waals surface area (Å²) in [4.78, 5) is 9.75. The van der Waals surface area contributed by atoms with Crippen LogP contribution >= 0.6 is 15.9 Å². The zero-order chi connectivity index (χ0) is 9.35. The summed E-state index contributed by atoms with van der Waals surface area (Å²) < 4.78 is -1.01. The Balaban J connectivity index is 2.97. The van der Waals surface area contributed by atoms with E-state index in [2.05, 4.69) is 15.9 Å². The van der Waals surface area contributed by atoms with Crippen molar-refractivity contribution in [2.45, 2.75) is 11.4 Å². The van der Waals surface area contributed by atoms with Crippen molar-refractivity contribution < 1.29 is 4.92 Å². The van der Waals surface area contributed by atoms with Crippen molar-refractivity contribution in [1.29, 1.82) is 0 Å². The molecule has 0 radical (unpaired) electrons. The fraction of sp³-hybridized carbons (Fsp3) is 0.333. The quantitative estimate of drug-likeness (QED) is 0.299. The number of rotatable bonds is 1. The highest BCUT2D eigenvalue weighted by Crippen LogP contribution is 2.29. The molecule has 1 atom stereocenters. The molecule has 0 spiro atoms. The summed E-state index contributed by atoms with van der Waals surface area (Å²) in [6.45, 7) is 1.53. The summed E-state index contributed by atoms with van der Waals surface area (Å²) >= 11 is 3.05. The Kier molecular flexibility index (Phi) is 2.20. The van der Waals surface area contributed by atoms with Gasteiger partial charge in [-0.05, 0) is 13.1 Å². The predicted octanol–water partition coefficient (Wildman–Crippen LogP) is 1.59. The van der Waals surface area contributed by atoms with Gasteiger partial charge in [0, 0.05) is 12.2 Å². The normalized spacial score (nSPS) is 28.6. The van der Waals surface area contributed by atoms with Crippen LogP contribution in [0.4, 0.5) is 0 Å². The van der Waals surface area contributed by atoms with Gasteiger partial charge in [0.1, 0.15) is 4.45 Å². The molecule has 0 aliphatic carbocycles. The maximum atomic E-state index is 11.0. The van der Waals surface area contributed by atoms with Gasteiger partial charge in [-0.1, -0.05) is 15.9 Å². The molecule has 1 heterocycles. The molecule has 0 aromatic rings. The van der Waals surface area contributed by atoms with E-state index in [0.29, 0.717) is 5.06 Å².